The van der Waals surface area contributed by atoms with E-state index in [0.717, 1.165) is 72.6 Å². The monoisotopic (exact) mass is 713 g/mol. The van der Waals surface area contributed by atoms with E-state index >= 15 is 0 Å². The summed E-state index contributed by atoms with van der Waals surface area (Å²) in [7, 11) is 0. The number of hydrogen-bond acceptors (Lipinski definition) is 4. The van der Waals surface area contributed by atoms with E-state index in [1.807, 2.05) is 60.7 Å². The van der Waals surface area contributed by atoms with Crippen molar-refractivity contribution in [1.29, 1.82) is 5.26 Å². The van der Waals surface area contributed by atoms with E-state index in [-0.39, 0.29) is 0 Å². The fraction of sp³-hybridized carbons (Fsp3) is 0.0192. The lowest BCUT2D eigenvalue weighted by atomic mass is 9.66. The highest BCUT2D eigenvalue weighted by Gasteiger charge is 2.51. The Labute approximate surface area is 324 Å². The lowest BCUT2D eigenvalue weighted by Crippen LogP contribution is -2.32. The second kappa shape index (κ2) is 12.5. The molecule has 1 aliphatic carbocycles. The number of benzene rings is 8. The predicted octanol–water partition coefficient (Wildman–Crippen LogP) is 12.6. The third kappa shape index (κ3) is 4.78. The molecule has 0 atom stereocenters. The van der Waals surface area contributed by atoms with Crippen molar-refractivity contribution in [3.05, 3.63) is 216 Å². The van der Waals surface area contributed by atoms with Crippen LogP contribution < -0.4 is 4.74 Å². The third-order valence-corrected chi connectivity index (χ3v) is 11.4. The smallest absolute Gasteiger partial charge is 0.160 e. The molecule has 260 valence electrons. The van der Waals surface area contributed by atoms with Crippen LogP contribution in [0.15, 0.2) is 188 Å². The van der Waals surface area contributed by atoms with Gasteiger partial charge >= 0.3 is 0 Å². The minimum absolute atomic E-state index is 0.576. The molecule has 0 bridgehead atoms. The van der Waals surface area contributed by atoms with Crippen LogP contribution in [0.1, 0.15) is 27.8 Å². The van der Waals surface area contributed by atoms with Crippen molar-refractivity contribution in [1.82, 2.24) is 9.97 Å². The molecular weight excluding hydrogens is 683 g/mol. The number of aromatic nitrogens is 2. The predicted molar refractivity (Wildman–Crippen MR) is 223 cm³/mol. The summed E-state index contributed by atoms with van der Waals surface area (Å²) >= 11 is 0. The summed E-state index contributed by atoms with van der Waals surface area (Å²) in [6.45, 7) is 0. The molecule has 11 rings (SSSR count). The van der Waals surface area contributed by atoms with Crippen LogP contribution in [0.4, 0.5) is 0 Å². The Morgan fingerprint density at radius 3 is 1.77 bits per heavy atom. The Morgan fingerprint density at radius 1 is 0.429 bits per heavy atom. The fourth-order valence-electron chi connectivity index (χ4n) is 8.89. The van der Waals surface area contributed by atoms with Crippen LogP contribution >= 0.6 is 0 Å². The van der Waals surface area contributed by atoms with Crippen LogP contribution in [0.2, 0.25) is 0 Å². The summed E-state index contributed by atoms with van der Waals surface area (Å²) in [5.41, 5.74) is 15.0. The standard InChI is InChI=1S/C52H31N3O/c53-32-33-22-24-34(25-23-33)37-28-38(30-39(29-37)51-54-47-20-10-6-16-42(47)50(55-51)35-12-2-1-3-13-35)36-26-27-49-46(31-36)52(45-19-9-11-21-48(45)56-49)43-17-7-4-14-40(43)41-15-5-8-18-44(41)52/h1-31H. The largest absolute Gasteiger partial charge is 0.457 e. The van der Waals surface area contributed by atoms with Gasteiger partial charge in [-0.2, -0.15) is 5.26 Å². The summed E-state index contributed by atoms with van der Waals surface area (Å²) < 4.78 is 6.74. The molecule has 2 aliphatic rings. The normalized spacial score (nSPS) is 12.9. The number of nitriles is 1. The second-order valence-electron chi connectivity index (χ2n) is 14.4. The molecule has 2 heterocycles. The Bertz CT molecular complexity index is 3020. The van der Waals surface area contributed by atoms with Gasteiger partial charge in [0.05, 0.1) is 28.3 Å². The molecular formula is C52H31N3O. The van der Waals surface area contributed by atoms with Gasteiger partial charge in [0, 0.05) is 27.6 Å². The van der Waals surface area contributed by atoms with E-state index in [1.54, 1.807) is 0 Å². The molecule has 1 aromatic heterocycles. The maximum atomic E-state index is 9.58. The number of hydrogen-bond donors (Lipinski definition) is 0. The molecule has 8 aromatic carbocycles. The van der Waals surface area contributed by atoms with Crippen molar-refractivity contribution in [3.63, 3.8) is 0 Å². The van der Waals surface area contributed by atoms with Crippen molar-refractivity contribution in [2.45, 2.75) is 5.41 Å². The Kier molecular flexibility index (Phi) is 7.10. The molecule has 4 heteroatoms. The molecule has 0 saturated carbocycles. The molecule has 56 heavy (non-hydrogen) atoms. The summed E-state index contributed by atoms with van der Waals surface area (Å²) in [5.74, 6) is 2.35. The van der Waals surface area contributed by atoms with Gasteiger partial charge in [-0.25, -0.2) is 9.97 Å². The van der Waals surface area contributed by atoms with Crippen LogP contribution in [0.3, 0.4) is 0 Å². The van der Waals surface area contributed by atoms with Gasteiger partial charge in [-0.15, -0.1) is 0 Å². The topological polar surface area (TPSA) is 58.8 Å². The van der Waals surface area contributed by atoms with E-state index < -0.39 is 5.41 Å². The molecule has 0 fully saturated rings. The zero-order valence-corrected chi connectivity index (χ0v) is 30.1. The first kappa shape index (κ1) is 31.9. The zero-order valence-electron chi connectivity index (χ0n) is 30.1. The van der Waals surface area contributed by atoms with Crippen molar-refractivity contribution in [2.75, 3.05) is 0 Å². The number of fused-ring (bicyclic) bond motifs is 10. The summed E-state index contributed by atoms with van der Waals surface area (Å²) in [4.78, 5) is 10.4. The van der Waals surface area contributed by atoms with Crippen LogP contribution in [0.5, 0.6) is 11.5 Å². The Balaban J connectivity index is 1.16. The molecule has 1 aliphatic heterocycles. The van der Waals surface area contributed by atoms with Crippen LogP contribution in [-0.4, -0.2) is 9.97 Å². The fourth-order valence-corrected chi connectivity index (χ4v) is 8.89. The summed E-state index contributed by atoms with van der Waals surface area (Å²) in [5, 5.41) is 10.6. The molecule has 0 radical (unpaired) electrons. The van der Waals surface area contributed by atoms with Crippen molar-refractivity contribution in [2.24, 2.45) is 0 Å². The van der Waals surface area contributed by atoms with Gasteiger partial charge < -0.3 is 4.74 Å². The first-order valence-electron chi connectivity index (χ1n) is 18.8. The Hall–Kier alpha value is -7.61. The molecule has 0 unspecified atom stereocenters. The van der Waals surface area contributed by atoms with Crippen LogP contribution in [0, 0.1) is 11.3 Å². The quantitative estimate of drug-likeness (QED) is 0.182. The summed E-state index contributed by atoms with van der Waals surface area (Å²) in [6, 6.07) is 67.8. The van der Waals surface area contributed by atoms with Gasteiger partial charge in [0.2, 0.25) is 0 Å². The van der Waals surface area contributed by atoms with E-state index in [0.29, 0.717) is 11.4 Å². The van der Waals surface area contributed by atoms with E-state index in [2.05, 4.69) is 133 Å². The molecule has 0 N–H and O–H groups in total. The van der Waals surface area contributed by atoms with Crippen molar-refractivity contribution in [3.8, 4) is 73.6 Å². The molecule has 0 amide bonds. The van der Waals surface area contributed by atoms with Gasteiger partial charge in [-0.1, -0.05) is 133 Å². The highest BCUT2D eigenvalue weighted by molar-refractivity contribution is 5.94. The van der Waals surface area contributed by atoms with Gasteiger partial charge in [0.15, 0.2) is 5.82 Å². The minimum atomic E-state index is -0.576. The zero-order chi connectivity index (χ0) is 37.2. The van der Waals surface area contributed by atoms with Crippen LogP contribution in [0.25, 0.3) is 66.9 Å². The number of ether oxygens (including phenoxy) is 1. The highest BCUT2D eigenvalue weighted by Crippen LogP contribution is 2.62. The molecule has 4 nitrogen and oxygen atoms in total. The molecule has 0 saturated heterocycles. The molecule has 9 aromatic rings. The third-order valence-electron chi connectivity index (χ3n) is 11.4. The SMILES string of the molecule is N#Cc1ccc(-c2cc(-c3ccc4c(c3)C3(c5ccccc5O4)c4ccccc4-c4ccccc43)cc(-c3nc(-c4ccccc4)c4ccccc4n3)c2)cc1. The number of nitrogens with zero attached hydrogens (tertiary/aromatic N) is 3. The van der Waals surface area contributed by atoms with E-state index in [1.165, 1.54) is 22.3 Å². The van der Waals surface area contributed by atoms with Gasteiger partial charge in [-0.05, 0) is 99.1 Å². The average molecular weight is 714 g/mol. The Morgan fingerprint density at radius 2 is 1.02 bits per heavy atom. The second-order valence-corrected chi connectivity index (χ2v) is 14.4. The van der Waals surface area contributed by atoms with Gasteiger partial charge in [-0.3, -0.25) is 0 Å². The van der Waals surface area contributed by atoms with Gasteiger partial charge in [0.25, 0.3) is 0 Å². The van der Waals surface area contributed by atoms with Crippen LogP contribution in [-0.2, 0) is 5.41 Å². The average Bonchev–Trinajstić information content (AvgIpc) is 3.56. The molecule has 1 spiro atoms. The maximum absolute atomic E-state index is 9.58. The highest BCUT2D eigenvalue weighted by atomic mass is 16.5. The first-order valence-corrected chi connectivity index (χ1v) is 18.8. The first-order chi connectivity index (χ1) is 27.7. The number of para-hydroxylation sites is 2. The summed E-state index contributed by atoms with van der Waals surface area (Å²) in [6.07, 6.45) is 0. The lowest BCUT2D eigenvalue weighted by molar-refractivity contribution is 0.436. The van der Waals surface area contributed by atoms with E-state index in [9.17, 15) is 5.26 Å². The lowest BCUT2D eigenvalue weighted by Gasteiger charge is -2.39. The van der Waals surface area contributed by atoms with Gasteiger partial charge in [0.1, 0.15) is 11.5 Å². The minimum Gasteiger partial charge on any atom is -0.457 e. The maximum Gasteiger partial charge on any atom is 0.160 e. The van der Waals surface area contributed by atoms with Crippen molar-refractivity contribution < 1.29 is 4.74 Å². The number of rotatable bonds is 4. The van der Waals surface area contributed by atoms with E-state index in [4.69, 9.17) is 14.7 Å². The van der Waals surface area contributed by atoms with Crippen molar-refractivity contribution >= 4 is 10.9 Å².